The van der Waals surface area contributed by atoms with Crippen molar-refractivity contribution in [3.8, 4) is 0 Å². The molecule has 4 rings (SSSR count). The zero-order chi connectivity index (χ0) is 17.1. The van der Waals surface area contributed by atoms with Crippen LogP contribution in [-0.2, 0) is 9.22 Å². The fourth-order valence-electron chi connectivity index (χ4n) is 6.75. The molecule has 3 saturated carbocycles. The highest BCUT2D eigenvalue weighted by Crippen LogP contribution is 2.62. The van der Waals surface area contributed by atoms with Gasteiger partial charge in [0.1, 0.15) is 0 Å². The normalized spacial score (nSPS) is 45.2. The second-order valence-corrected chi connectivity index (χ2v) is 14.6. The van der Waals surface area contributed by atoms with Crippen molar-refractivity contribution in [2.45, 2.75) is 84.0 Å². The van der Waals surface area contributed by atoms with Gasteiger partial charge in [-0.25, -0.2) is 0 Å². The van der Waals surface area contributed by atoms with E-state index in [9.17, 15) is 4.79 Å². The molecule has 0 aliphatic heterocycles. The minimum Gasteiger partial charge on any atom is -0.414 e. The standard InChI is InChI=1S/C21H34O2Si/c1-21-12-11-17-16-8-6-15(22)13-14(16)5-7-18(17)19(21)9-10-20(21)23-24(2,3)4/h13,16-20H,5-12H2,1-4H3/t16-,17+,18+,19-,20-,21-/m0/s1. The van der Waals surface area contributed by atoms with Gasteiger partial charge < -0.3 is 4.43 Å². The number of carbonyl (C=O) groups excluding carboxylic acids is 1. The molecule has 0 aromatic carbocycles. The highest BCUT2D eigenvalue weighted by molar-refractivity contribution is 6.69. The fourth-order valence-corrected chi connectivity index (χ4v) is 7.99. The van der Waals surface area contributed by atoms with E-state index in [4.69, 9.17) is 4.43 Å². The molecule has 0 spiro atoms. The van der Waals surface area contributed by atoms with Crippen molar-refractivity contribution < 1.29 is 9.22 Å². The molecule has 24 heavy (non-hydrogen) atoms. The van der Waals surface area contributed by atoms with Gasteiger partial charge in [0.05, 0.1) is 6.10 Å². The van der Waals surface area contributed by atoms with Crippen LogP contribution in [0.15, 0.2) is 11.6 Å². The summed E-state index contributed by atoms with van der Waals surface area (Å²) >= 11 is 0. The summed E-state index contributed by atoms with van der Waals surface area (Å²) < 4.78 is 6.65. The van der Waals surface area contributed by atoms with Gasteiger partial charge in [0.15, 0.2) is 14.1 Å². The Hall–Kier alpha value is -0.413. The Morgan fingerprint density at radius 2 is 1.83 bits per heavy atom. The number of fused-ring (bicyclic) bond motifs is 5. The molecule has 6 atom stereocenters. The Morgan fingerprint density at radius 1 is 1.04 bits per heavy atom. The van der Waals surface area contributed by atoms with Crippen molar-refractivity contribution >= 4 is 14.1 Å². The predicted octanol–water partition coefficient (Wildman–Crippen LogP) is 5.35. The molecule has 0 bridgehead atoms. The number of carbonyl (C=O) groups is 1. The van der Waals surface area contributed by atoms with E-state index in [0.29, 0.717) is 17.3 Å². The summed E-state index contributed by atoms with van der Waals surface area (Å²) in [5.74, 6) is 3.70. The van der Waals surface area contributed by atoms with Crippen molar-refractivity contribution in [1.82, 2.24) is 0 Å². The molecule has 0 heterocycles. The minimum atomic E-state index is -1.47. The van der Waals surface area contributed by atoms with Crippen molar-refractivity contribution in [1.29, 1.82) is 0 Å². The first-order valence-electron chi connectivity index (χ1n) is 10.2. The lowest BCUT2D eigenvalue weighted by atomic mass is 9.52. The van der Waals surface area contributed by atoms with Gasteiger partial charge in [0.2, 0.25) is 0 Å². The van der Waals surface area contributed by atoms with Crippen LogP contribution >= 0.6 is 0 Å². The van der Waals surface area contributed by atoms with Crippen LogP contribution in [0.1, 0.15) is 58.3 Å². The largest absolute Gasteiger partial charge is 0.414 e. The zero-order valence-electron chi connectivity index (χ0n) is 15.9. The monoisotopic (exact) mass is 346 g/mol. The van der Waals surface area contributed by atoms with Gasteiger partial charge in [0.25, 0.3) is 0 Å². The van der Waals surface area contributed by atoms with Crippen molar-refractivity contribution in [3.63, 3.8) is 0 Å². The van der Waals surface area contributed by atoms with Gasteiger partial charge in [-0.2, -0.15) is 0 Å². The summed E-state index contributed by atoms with van der Waals surface area (Å²) in [6.07, 6.45) is 12.3. The highest BCUT2D eigenvalue weighted by Gasteiger charge is 2.57. The van der Waals surface area contributed by atoms with E-state index in [1.165, 1.54) is 44.1 Å². The molecular formula is C21H34O2Si. The molecule has 0 N–H and O–H groups in total. The van der Waals surface area contributed by atoms with E-state index in [2.05, 4.69) is 26.6 Å². The molecular weight excluding hydrogens is 312 g/mol. The van der Waals surface area contributed by atoms with Crippen LogP contribution in [-0.4, -0.2) is 20.2 Å². The summed E-state index contributed by atoms with van der Waals surface area (Å²) in [6, 6.07) is 0. The number of hydrogen-bond acceptors (Lipinski definition) is 2. The number of hydrogen-bond donors (Lipinski definition) is 0. The molecule has 0 saturated heterocycles. The second-order valence-electron chi connectivity index (χ2n) is 10.1. The molecule has 2 nitrogen and oxygen atoms in total. The van der Waals surface area contributed by atoms with E-state index in [-0.39, 0.29) is 0 Å². The van der Waals surface area contributed by atoms with Crippen molar-refractivity contribution in [2.75, 3.05) is 0 Å². The molecule has 0 aromatic rings. The SMILES string of the molecule is C[C@]12CC[C@H]3[C@@H](CCC4=CC(=O)CC[C@@H]43)[C@@H]1CC[C@@H]2O[Si](C)(C)C. The third-order valence-corrected chi connectivity index (χ3v) is 8.70. The Labute approximate surface area is 148 Å². The lowest BCUT2D eigenvalue weighted by Gasteiger charge is -2.54. The predicted molar refractivity (Wildman–Crippen MR) is 100 cm³/mol. The third kappa shape index (κ3) is 2.76. The molecule has 3 fully saturated rings. The average Bonchev–Trinajstić information content (AvgIpc) is 2.82. The lowest BCUT2D eigenvalue weighted by Crippen LogP contribution is -2.49. The molecule has 134 valence electrons. The summed E-state index contributed by atoms with van der Waals surface area (Å²) in [7, 11) is -1.47. The number of ketones is 1. The van der Waals surface area contributed by atoms with Crippen LogP contribution in [0.2, 0.25) is 19.6 Å². The Morgan fingerprint density at radius 3 is 2.58 bits per heavy atom. The van der Waals surface area contributed by atoms with Crippen LogP contribution in [0, 0.1) is 29.1 Å². The highest BCUT2D eigenvalue weighted by atomic mass is 28.4. The fraction of sp³-hybridized carbons (Fsp3) is 0.857. The van der Waals surface area contributed by atoms with E-state index < -0.39 is 8.32 Å². The Bertz CT molecular complexity index is 561. The van der Waals surface area contributed by atoms with Gasteiger partial charge in [-0.15, -0.1) is 0 Å². The molecule has 4 aliphatic carbocycles. The van der Waals surface area contributed by atoms with Crippen LogP contribution in [0.25, 0.3) is 0 Å². The minimum absolute atomic E-state index is 0.379. The summed E-state index contributed by atoms with van der Waals surface area (Å²) in [6.45, 7) is 9.56. The van der Waals surface area contributed by atoms with E-state index >= 15 is 0 Å². The molecule has 0 radical (unpaired) electrons. The van der Waals surface area contributed by atoms with Crippen LogP contribution in [0.3, 0.4) is 0 Å². The van der Waals surface area contributed by atoms with Gasteiger partial charge in [0, 0.05) is 6.42 Å². The van der Waals surface area contributed by atoms with Crippen LogP contribution < -0.4 is 0 Å². The average molecular weight is 347 g/mol. The van der Waals surface area contributed by atoms with Gasteiger partial charge in [-0.1, -0.05) is 12.5 Å². The van der Waals surface area contributed by atoms with Crippen molar-refractivity contribution in [2.24, 2.45) is 29.1 Å². The number of rotatable bonds is 2. The first-order valence-corrected chi connectivity index (χ1v) is 13.6. The Balaban J connectivity index is 1.56. The first-order chi connectivity index (χ1) is 11.3. The van der Waals surface area contributed by atoms with Crippen molar-refractivity contribution in [3.05, 3.63) is 11.6 Å². The first kappa shape index (κ1) is 17.0. The summed E-state index contributed by atoms with van der Waals surface area (Å²) in [5.41, 5.74) is 1.91. The quantitative estimate of drug-likeness (QED) is 0.630. The van der Waals surface area contributed by atoms with Gasteiger partial charge in [-0.3, -0.25) is 4.79 Å². The second kappa shape index (κ2) is 5.80. The summed E-state index contributed by atoms with van der Waals surface area (Å²) in [4.78, 5) is 11.8. The van der Waals surface area contributed by atoms with Crippen LogP contribution in [0.4, 0.5) is 0 Å². The Kier molecular flexibility index (Phi) is 4.12. The molecule has 0 amide bonds. The molecule has 0 aromatic heterocycles. The van der Waals surface area contributed by atoms with E-state index in [0.717, 1.165) is 36.5 Å². The molecule has 4 aliphatic rings. The van der Waals surface area contributed by atoms with Gasteiger partial charge >= 0.3 is 0 Å². The van der Waals surface area contributed by atoms with E-state index in [1.807, 2.05) is 6.08 Å². The molecule has 0 unspecified atom stereocenters. The zero-order valence-corrected chi connectivity index (χ0v) is 16.9. The molecule has 3 heteroatoms. The lowest BCUT2D eigenvalue weighted by molar-refractivity contribution is -0.116. The third-order valence-electron chi connectivity index (χ3n) is 7.71. The van der Waals surface area contributed by atoms with Gasteiger partial charge in [-0.05, 0) is 99.7 Å². The maximum atomic E-state index is 11.8. The number of allylic oxidation sites excluding steroid dienone is 1. The topological polar surface area (TPSA) is 26.3 Å². The van der Waals surface area contributed by atoms with E-state index in [1.54, 1.807) is 0 Å². The maximum absolute atomic E-state index is 11.8. The maximum Gasteiger partial charge on any atom is 0.184 e. The summed E-state index contributed by atoms with van der Waals surface area (Å²) in [5, 5.41) is 0. The van der Waals surface area contributed by atoms with Crippen LogP contribution in [0.5, 0.6) is 0 Å². The smallest absolute Gasteiger partial charge is 0.184 e.